The second kappa shape index (κ2) is 6.65. The lowest BCUT2D eigenvalue weighted by atomic mass is 10.1. The summed E-state index contributed by atoms with van der Waals surface area (Å²) in [5.41, 5.74) is -0.0832. The Kier molecular flexibility index (Phi) is 4.57. The number of fused-ring (bicyclic) bond motifs is 1. The normalized spacial score (nSPS) is 21.0. The Morgan fingerprint density at radius 1 is 1.21 bits per heavy atom. The summed E-state index contributed by atoms with van der Waals surface area (Å²) in [7, 11) is 1.71. The van der Waals surface area contributed by atoms with Crippen LogP contribution in [0.4, 0.5) is 0 Å². The lowest BCUT2D eigenvalue weighted by molar-refractivity contribution is -0.145. The van der Waals surface area contributed by atoms with E-state index in [1.54, 1.807) is 36.3 Å². The number of hydrogen-bond donors (Lipinski definition) is 0. The van der Waals surface area contributed by atoms with Crippen LogP contribution in [0.25, 0.3) is 10.8 Å². The third kappa shape index (κ3) is 3.28. The minimum Gasteiger partial charge on any atom is -0.483 e. The van der Waals surface area contributed by atoms with Gasteiger partial charge in [-0.25, -0.2) is 0 Å². The molecule has 1 amide bonds. The van der Waals surface area contributed by atoms with Gasteiger partial charge in [-0.15, -0.1) is 0 Å². The fourth-order valence-electron chi connectivity index (χ4n) is 3.08. The van der Waals surface area contributed by atoms with Crippen molar-refractivity contribution >= 4 is 16.7 Å². The van der Waals surface area contributed by atoms with Crippen LogP contribution in [0.5, 0.6) is 5.75 Å². The van der Waals surface area contributed by atoms with Gasteiger partial charge in [0.1, 0.15) is 5.75 Å². The van der Waals surface area contributed by atoms with E-state index < -0.39 is 0 Å². The Morgan fingerprint density at radius 3 is 2.62 bits per heavy atom. The average Bonchev–Trinajstić information content (AvgIpc) is 2.55. The van der Waals surface area contributed by atoms with Crippen molar-refractivity contribution in [2.24, 2.45) is 7.05 Å². The van der Waals surface area contributed by atoms with E-state index in [9.17, 15) is 9.59 Å². The minimum atomic E-state index is -0.0832. The maximum absolute atomic E-state index is 12.4. The first-order valence-corrected chi connectivity index (χ1v) is 8.10. The van der Waals surface area contributed by atoms with Gasteiger partial charge in [0.05, 0.1) is 17.6 Å². The molecule has 3 rings (SSSR count). The first-order valence-electron chi connectivity index (χ1n) is 8.10. The Morgan fingerprint density at radius 2 is 1.92 bits per heavy atom. The van der Waals surface area contributed by atoms with Crippen LogP contribution in [0.3, 0.4) is 0 Å². The summed E-state index contributed by atoms with van der Waals surface area (Å²) < 4.78 is 12.9. The number of rotatable bonds is 3. The molecule has 0 saturated carbocycles. The number of amides is 1. The molecule has 2 aromatic rings. The Hall–Kier alpha value is -2.34. The molecule has 0 bridgehead atoms. The monoisotopic (exact) mass is 330 g/mol. The third-order valence-corrected chi connectivity index (χ3v) is 4.21. The topological polar surface area (TPSA) is 60.8 Å². The first-order chi connectivity index (χ1) is 11.5. The molecule has 6 heteroatoms. The van der Waals surface area contributed by atoms with Gasteiger partial charge in [0.15, 0.2) is 6.61 Å². The molecule has 1 aliphatic heterocycles. The Bertz CT molecular complexity index is 804. The van der Waals surface area contributed by atoms with E-state index in [4.69, 9.17) is 9.47 Å². The molecule has 24 heavy (non-hydrogen) atoms. The van der Waals surface area contributed by atoms with Gasteiger partial charge in [-0.1, -0.05) is 6.07 Å². The summed E-state index contributed by atoms with van der Waals surface area (Å²) in [6, 6.07) is 7.13. The van der Waals surface area contributed by atoms with Crippen LogP contribution in [-0.2, 0) is 16.6 Å². The molecule has 0 N–H and O–H groups in total. The van der Waals surface area contributed by atoms with Crippen molar-refractivity contribution in [3.8, 4) is 5.75 Å². The van der Waals surface area contributed by atoms with Gasteiger partial charge in [0.2, 0.25) is 0 Å². The number of carbonyl (C=O) groups is 1. The van der Waals surface area contributed by atoms with Gasteiger partial charge in [-0.3, -0.25) is 9.59 Å². The number of carbonyl (C=O) groups excluding carboxylic acids is 1. The van der Waals surface area contributed by atoms with Gasteiger partial charge in [0.25, 0.3) is 11.5 Å². The van der Waals surface area contributed by atoms with Crippen LogP contribution in [-0.4, -0.2) is 47.3 Å². The predicted molar refractivity (Wildman–Crippen MR) is 91.3 cm³/mol. The SMILES string of the molecule is CC1CN(C(=O)COc2cccc3c(=O)n(C)ccc23)CC(C)O1. The molecule has 128 valence electrons. The maximum atomic E-state index is 12.4. The third-order valence-electron chi connectivity index (χ3n) is 4.21. The molecule has 2 atom stereocenters. The predicted octanol–water partition coefficient (Wildman–Crippen LogP) is 1.55. The van der Waals surface area contributed by atoms with E-state index in [0.29, 0.717) is 24.2 Å². The molecule has 0 aliphatic carbocycles. The number of aromatic nitrogens is 1. The highest BCUT2D eigenvalue weighted by Crippen LogP contribution is 2.23. The number of aryl methyl sites for hydroxylation is 1. The molecule has 0 radical (unpaired) electrons. The molecule has 1 fully saturated rings. The summed E-state index contributed by atoms with van der Waals surface area (Å²) in [6.45, 7) is 5.01. The van der Waals surface area contributed by atoms with E-state index in [0.717, 1.165) is 5.39 Å². The lowest BCUT2D eigenvalue weighted by Crippen LogP contribution is -2.49. The van der Waals surface area contributed by atoms with E-state index >= 15 is 0 Å². The quantitative estimate of drug-likeness (QED) is 0.857. The highest BCUT2D eigenvalue weighted by molar-refractivity contribution is 5.88. The standard InChI is InChI=1S/C18H22N2O4/c1-12-9-20(10-13(2)24-12)17(21)11-23-16-6-4-5-15-14(16)7-8-19(3)18(15)22/h4-8,12-13H,9-11H2,1-3H3. The van der Waals surface area contributed by atoms with Crippen molar-refractivity contribution < 1.29 is 14.3 Å². The fourth-order valence-corrected chi connectivity index (χ4v) is 3.08. The molecule has 6 nitrogen and oxygen atoms in total. The second-order valence-electron chi connectivity index (χ2n) is 6.29. The summed E-state index contributed by atoms with van der Waals surface area (Å²) >= 11 is 0. The number of ether oxygens (including phenoxy) is 2. The van der Waals surface area contributed by atoms with Crippen LogP contribution >= 0.6 is 0 Å². The maximum Gasteiger partial charge on any atom is 0.260 e. The molecule has 1 aliphatic rings. The number of nitrogens with zero attached hydrogens (tertiary/aromatic N) is 2. The Labute approximate surface area is 140 Å². The zero-order valence-electron chi connectivity index (χ0n) is 14.2. The lowest BCUT2D eigenvalue weighted by Gasteiger charge is -2.35. The van der Waals surface area contributed by atoms with Crippen LogP contribution in [0, 0.1) is 0 Å². The largest absolute Gasteiger partial charge is 0.483 e. The number of pyridine rings is 1. The highest BCUT2D eigenvalue weighted by Gasteiger charge is 2.26. The zero-order chi connectivity index (χ0) is 17.3. The molecule has 0 spiro atoms. The molecular weight excluding hydrogens is 308 g/mol. The van der Waals surface area contributed by atoms with Crippen molar-refractivity contribution in [1.82, 2.24) is 9.47 Å². The van der Waals surface area contributed by atoms with Crippen molar-refractivity contribution in [2.45, 2.75) is 26.1 Å². The van der Waals surface area contributed by atoms with Crippen LogP contribution < -0.4 is 10.3 Å². The summed E-state index contributed by atoms with van der Waals surface area (Å²) in [5, 5.41) is 1.30. The van der Waals surface area contributed by atoms with E-state index in [2.05, 4.69) is 0 Å². The highest BCUT2D eigenvalue weighted by atomic mass is 16.5. The summed E-state index contributed by atoms with van der Waals surface area (Å²) in [6.07, 6.45) is 1.75. The van der Waals surface area contributed by atoms with Gasteiger partial charge in [0, 0.05) is 31.7 Å². The summed E-state index contributed by atoms with van der Waals surface area (Å²) in [4.78, 5) is 26.3. The summed E-state index contributed by atoms with van der Waals surface area (Å²) in [5.74, 6) is 0.478. The van der Waals surface area contributed by atoms with Crippen molar-refractivity contribution in [1.29, 1.82) is 0 Å². The number of hydrogen-bond acceptors (Lipinski definition) is 4. The van der Waals surface area contributed by atoms with Crippen LogP contribution in [0.1, 0.15) is 13.8 Å². The van der Waals surface area contributed by atoms with E-state index in [1.807, 2.05) is 19.9 Å². The first kappa shape index (κ1) is 16.5. The second-order valence-corrected chi connectivity index (χ2v) is 6.29. The molecule has 1 saturated heterocycles. The number of morpholine rings is 1. The molecule has 2 unspecified atom stereocenters. The van der Waals surface area contributed by atoms with Gasteiger partial charge in [-0.2, -0.15) is 0 Å². The van der Waals surface area contributed by atoms with Crippen LogP contribution in [0.15, 0.2) is 35.3 Å². The van der Waals surface area contributed by atoms with Gasteiger partial charge >= 0.3 is 0 Å². The van der Waals surface area contributed by atoms with Crippen LogP contribution in [0.2, 0.25) is 0 Å². The Balaban J connectivity index is 1.75. The molecule has 1 aromatic carbocycles. The fraction of sp³-hybridized carbons (Fsp3) is 0.444. The zero-order valence-corrected chi connectivity index (χ0v) is 14.2. The van der Waals surface area contributed by atoms with Crippen molar-refractivity contribution in [2.75, 3.05) is 19.7 Å². The molecule has 1 aromatic heterocycles. The molecule has 2 heterocycles. The van der Waals surface area contributed by atoms with E-state index in [1.165, 1.54) is 4.57 Å². The van der Waals surface area contributed by atoms with Crippen molar-refractivity contribution in [3.05, 3.63) is 40.8 Å². The smallest absolute Gasteiger partial charge is 0.260 e. The van der Waals surface area contributed by atoms with Gasteiger partial charge < -0.3 is 18.9 Å². The molecular formula is C18H22N2O4. The van der Waals surface area contributed by atoms with Gasteiger partial charge in [-0.05, 0) is 32.0 Å². The number of benzene rings is 1. The van der Waals surface area contributed by atoms with Crippen molar-refractivity contribution in [3.63, 3.8) is 0 Å². The minimum absolute atomic E-state index is 0.0262. The van der Waals surface area contributed by atoms with E-state index in [-0.39, 0.29) is 30.3 Å². The average molecular weight is 330 g/mol.